The lowest BCUT2D eigenvalue weighted by molar-refractivity contribution is -0.135. The first-order valence-corrected chi connectivity index (χ1v) is 12.5. The summed E-state index contributed by atoms with van der Waals surface area (Å²) in [5.41, 5.74) is 0.517. The molecule has 0 saturated heterocycles. The Morgan fingerprint density at radius 2 is 1.79 bits per heavy atom. The molecule has 0 aliphatic heterocycles. The van der Waals surface area contributed by atoms with E-state index in [2.05, 4.69) is 10.3 Å². The van der Waals surface area contributed by atoms with Crippen LogP contribution in [-0.4, -0.2) is 22.7 Å². The van der Waals surface area contributed by atoms with Crippen LogP contribution in [0.4, 0.5) is 0 Å². The van der Waals surface area contributed by atoms with Crippen LogP contribution in [0.25, 0.3) is 0 Å². The highest BCUT2D eigenvalue weighted by Gasteiger charge is 2.56. The molecule has 1 fully saturated rings. The van der Waals surface area contributed by atoms with Gasteiger partial charge in [0.25, 0.3) is 0 Å². The van der Waals surface area contributed by atoms with Crippen molar-refractivity contribution >= 4 is 46.5 Å². The van der Waals surface area contributed by atoms with Crippen LogP contribution >= 0.6 is 34.8 Å². The molecule has 184 valence electrons. The fraction of sp³-hybridized carbons (Fsp3) is 0.500. The summed E-state index contributed by atoms with van der Waals surface area (Å²) in [4.78, 5) is 29.7. The van der Waals surface area contributed by atoms with Crippen LogP contribution in [0, 0.1) is 16.7 Å². The average Bonchev–Trinajstić information content (AvgIpc) is 2.99. The zero-order valence-electron chi connectivity index (χ0n) is 20.2. The first-order chi connectivity index (χ1) is 15.9. The highest BCUT2D eigenvalue weighted by Crippen LogP contribution is 2.56. The number of hydrogen-bond acceptors (Lipinski definition) is 4. The van der Waals surface area contributed by atoms with Crippen molar-refractivity contribution in [3.63, 3.8) is 0 Å². The lowest BCUT2D eigenvalue weighted by Gasteiger charge is -2.39. The normalized spacial score (nSPS) is 22.3. The summed E-state index contributed by atoms with van der Waals surface area (Å²) in [5, 5.41) is 4.37. The Kier molecular flexibility index (Phi) is 8.22. The topological polar surface area (TPSA) is 68.3 Å². The zero-order valence-corrected chi connectivity index (χ0v) is 22.4. The average molecular weight is 526 g/mol. The quantitative estimate of drug-likeness (QED) is 0.389. The van der Waals surface area contributed by atoms with Gasteiger partial charge in [0.2, 0.25) is 5.91 Å². The largest absolute Gasteiger partial charge is 0.486 e. The maximum atomic E-state index is 13.1. The standard InChI is InChI=1S/C26H31Cl3N2O3/c1-15(30-24(33)19-11-12-26(5,16(2)32)25(19,3)4)13-17-9-10-22(23(29)31-17)34-14-18-20(27)7-6-8-21(18)28/h6-10,15,19H,11-14H2,1-5H3,(H,30,33)/t15-,19-,26+/m1/s1. The Morgan fingerprint density at radius 3 is 2.35 bits per heavy atom. The van der Waals surface area contributed by atoms with E-state index >= 15 is 0 Å². The third kappa shape index (κ3) is 5.37. The number of nitrogens with zero attached hydrogens (tertiary/aromatic N) is 1. The summed E-state index contributed by atoms with van der Waals surface area (Å²) in [6.07, 6.45) is 1.94. The minimum atomic E-state index is -0.489. The van der Waals surface area contributed by atoms with E-state index in [-0.39, 0.29) is 35.4 Å². The number of ether oxygens (including phenoxy) is 1. The molecule has 1 heterocycles. The molecule has 0 bridgehead atoms. The molecular weight excluding hydrogens is 495 g/mol. The Bertz CT molecular complexity index is 1070. The van der Waals surface area contributed by atoms with Crippen LogP contribution in [0.1, 0.15) is 58.7 Å². The van der Waals surface area contributed by atoms with Crippen molar-refractivity contribution < 1.29 is 14.3 Å². The van der Waals surface area contributed by atoms with Gasteiger partial charge in [-0.2, -0.15) is 0 Å². The summed E-state index contributed by atoms with van der Waals surface area (Å²) < 4.78 is 5.78. The van der Waals surface area contributed by atoms with E-state index in [0.717, 1.165) is 12.1 Å². The molecule has 1 aromatic heterocycles. The lowest BCUT2D eigenvalue weighted by atomic mass is 9.63. The highest BCUT2D eigenvalue weighted by atomic mass is 35.5. The highest BCUT2D eigenvalue weighted by molar-refractivity contribution is 6.36. The predicted octanol–water partition coefficient (Wildman–Crippen LogP) is 6.70. The molecule has 1 aliphatic carbocycles. The fourth-order valence-electron chi connectivity index (χ4n) is 4.80. The molecule has 1 aliphatic rings. The maximum Gasteiger partial charge on any atom is 0.223 e. The minimum Gasteiger partial charge on any atom is -0.486 e. The SMILES string of the molecule is CC(=O)[C@]1(C)CC[C@H](C(=O)N[C@H](C)Cc2ccc(OCc3c(Cl)cccc3Cl)c(Cl)n2)C1(C)C. The lowest BCUT2D eigenvalue weighted by Crippen LogP contribution is -2.46. The number of hydrogen-bond donors (Lipinski definition) is 1. The number of rotatable bonds is 8. The maximum absolute atomic E-state index is 13.1. The van der Waals surface area contributed by atoms with Crippen LogP contribution in [0.3, 0.4) is 0 Å². The molecule has 1 N–H and O–H groups in total. The number of benzene rings is 1. The number of aromatic nitrogens is 1. The van der Waals surface area contributed by atoms with E-state index in [4.69, 9.17) is 39.5 Å². The van der Waals surface area contributed by atoms with Crippen molar-refractivity contribution in [1.82, 2.24) is 10.3 Å². The van der Waals surface area contributed by atoms with Crippen molar-refractivity contribution in [1.29, 1.82) is 0 Å². The van der Waals surface area contributed by atoms with Gasteiger partial charge < -0.3 is 10.1 Å². The van der Waals surface area contributed by atoms with Crippen molar-refractivity contribution in [2.45, 2.75) is 66.5 Å². The Hall–Kier alpha value is -1.82. The molecule has 3 rings (SSSR count). The predicted molar refractivity (Wildman–Crippen MR) is 137 cm³/mol. The van der Waals surface area contributed by atoms with Crippen LogP contribution in [0.5, 0.6) is 5.75 Å². The molecule has 1 saturated carbocycles. The van der Waals surface area contributed by atoms with Gasteiger partial charge in [0.1, 0.15) is 12.4 Å². The molecule has 2 aromatic rings. The third-order valence-electron chi connectivity index (χ3n) is 7.53. The Balaban J connectivity index is 1.60. The number of carbonyl (C=O) groups excluding carboxylic acids is 2. The van der Waals surface area contributed by atoms with Gasteiger partial charge in [-0.3, -0.25) is 9.59 Å². The molecule has 34 heavy (non-hydrogen) atoms. The molecule has 5 nitrogen and oxygen atoms in total. The minimum absolute atomic E-state index is 0.0230. The number of nitrogens with one attached hydrogen (secondary N) is 1. The first-order valence-electron chi connectivity index (χ1n) is 11.4. The fourth-order valence-corrected chi connectivity index (χ4v) is 5.53. The Labute approximate surface area is 216 Å². The summed E-state index contributed by atoms with van der Waals surface area (Å²) >= 11 is 18.7. The van der Waals surface area contributed by atoms with Crippen molar-refractivity contribution in [2.24, 2.45) is 16.7 Å². The van der Waals surface area contributed by atoms with Crippen molar-refractivity contribution in [2.75, 3.05) is 0 Å². The Morgan fingerprint density at radius 1 is 1.15 bits per heavy atom. The van der Waals surface area contributed by atoms with Gasteiger partial charge in [-0.1, -0.05) is 61.6 Å². The van der Waals surface area contributed by atoms with Gasteiger partial charge in [0.05, 0.1) is 0 Å². The van der Waals surface area contributed by atoms with Crippen LogP contribution in [0.15, 0.2) is 30.3 Å². The molecule has 1 amide bonds. The third-order valence-corrected chi connectivity index (χ3v) is 8.51. The van der Waals surface area contributed by atoms with E-state index in [1.54, 1.807) is 31.2 Å². The summed E-state index contributed by atoms with van der Waals surface area (Å²) in [7, 11) is 0. The molecule has 0 radical (unpaired) electrons. The van der Waals surface area contributed by atoms with Crippen LogP contribution in [0.2, 0.25) is 15.2 Å². The molecule has 3 atom stereocenters. The van der Waals surface area contributed by atoms with E-state index < -0.39 is 10.8 Å². The molecule has 1 aromatic carbocycles. The van der Waals surface area contributed by atoms with Gasteiger partial charge in [-0.25, -0.2) is 4.98 Å². The summed E-state index contributed by atoms with van der Waals surface area (Å²) in [5.74, 6) is 0.325. The van der Waals surface area contributed by atoms with Crippen molar-refractivity contribution in [3.8, 4) is 5.75 Å². The summed E-state index contributed by atoms with van der Waals surface area (Å²) in [6.45, 7) is 9.74. The second-order valence-corrected chi connectivity index (χ2v) is 11.1. The van der Waals surface area contributed by atoms with E-state index in [1.807, 2.05) is 33.8 Å². The van der Waals surface area contributed by atoms with Gasteiger partial charge >= 0.3 is 0 Å². The van der Waals surface area contributed by atoms with Crippen LogP contribution < -0.4 is 10.1 Å². The molecule has 8 heteroatoms. The van der Waals surface area contributed by atoms with Gasteiger partial charge in [0, 0.05) is 45.1 Å². The molecule has 0 spiro atoms. The molecular formula is C26H31Cl3N2O3. The number of pyridine rings is 1. The monoisotopic (exact) mass is 524 g/mol. The number of ketones is 1. The van der Waals surface area contributed by atoms with Crippen molar-refractivity contribution in [3.05, 3.63) is 56.8 Å². The summed E-state index contributed by atoms with van der Waals surface area (Å²) in [6, 6.07) is 8.69. The molecule has 0 unspecified atom stereocenters. The van der Waals surface area contributed by atoms with E-state index in [1.165, 1.54) is 0 Å². The second-order valence-electron chi connectivity index (χ2n) is 9.90. The number of halogens is 3. The number of amides is 1. The van der Waals surface area contributed by atoms with Crippen LogP contribution in [-0.2, 0) is 22.6 Å². The van der Waals surface area contributed by atoms with E-state index in [0.29, 0.717) is 34.2 Å². The van der Waals surface area contributed by atoms with E-state index in [9.17, 15) is 9.59 Å². The zero-order chi connectivity index (χ0) is 25.3. The first kappa shape index (κ1) is 26.8. The second kappa shape index (κ2) is 10.4. The number of Topliss-reactive ketones (excluding diaryl/α,β-unsaturated/α-hetero) is 1. The van der Waals surface area contributed by atoms with Gasteiger partial charge in [-0.05, 0) is 56.4 Å². The number of carbonyl (C=O) groups is 2. The smallest absolute Gasteiger partial charge is 0.223 e. The van der Waals surface area contributed by atoms with Gasteiger partial charge in [-0.15, -0.1) is 0 Å². The van der Waals surface area contributed by atoms with Gasteiger partial charge in [0.15, 0.2) is 10.9 Å².